The predicted octanol–water partition coefficient (Wildman–Crippen LogP) is 17.7. The number of fused-ring (bicyclic) bond motifs is 4. The molecule has 12 rings (SSSR count). The highest BCUT2D eigenvalue weighted by atomic mass is 15.1. The molecule has 0 aliphatic carbocycles. The fraction of sp³-hybridized carbons (Fsp3) is 0. The highest BCUT2D eigenvalue weighted by Crippen LogP contribution is 2.40. The lowest BCUT2D eigenvalue weighted by Gasteiger charge is -2.26. The summed E-state index contributed by atoms with van der Waals surface area (Å²) in [4.78, 5) is 2.35. The van der Waals surface area contributed by atoms with E-state index in [1.165, 1.54) is 93.9 Å². The molecule has 1 aromatic heterocycles. The van der Waals surface area contributed by atoms with Crippen LogP contribution in [0.15, 0.2) is 267 Å². The van der Waals surface area contributed by atoms with Gasteiger partial charge in [0, 0.05) is 33.4 Å². The molecule has 2 heteroatoms. The van der Waals surface area contributed by atoms with Gasteiger partial charge in [0.25, 0.3) is 0 Å². The summed E-state index contributed by atoms with van der Waals surface area (Å²) in [6, 6.07) is 96.7. The van der Waals surface area contributed by atoms with Crippen molar-refractivity contribution in [3.8, 4) is 61.3 Å². The Morgan fingerprint density at radius 3 is 1.11 bits per heavy atom. The molecular formula is C64H44N2. The van der Waals surface area contributed by atoms with Gasteiger partial charge in [0.2, 0.25) is 0 Å². The lowest BCUT2D eigenvalue weighted by Crippen LogP contribution is -2.09. The Balaban J connectivity index is 0.852. The van der Waals surface area contributed by atoms with Crippen molar-refractivity contribution in [2.75, 3.05) is 4.90 Å². The number of para-hydroxylation sites is 3. The summed E-state index contributed by atoms with van der Waals surface area (Å²) in [5, 5.41) is 5.06. The van der Waals surface area contributed by atoms with Gasteiger partial charge in [-0.25, -0.2) is 0 Å². The lowest BCUT2D eigenvalue weighted by molar-refractivity contribution is 1.18. The fourth-order valence-corrected chi connectivity index (χ4v) is 9.74. The summed E-state index contributed by atoms with van der Waals surface area (Å²) < 4.78 is 2.41. The number of anilines is 3. The molecule has 0 spiro atoms. The van der Waals surface area contributed by atoms with Gasteiger partial charge in [0.1, 0.15) is 0 Å². The van der Waals surface area contributed by atoms with Gasteiger partial charge in [0.05, 0.1) is 16.7 Å². The first kappa shape index (κ1) is 38.9. The Morgan fingerprint density at radius 1 is 0.227 bits per heavy atom. The van der Waals surface area contributed by atoms with E-state index in [9.17, 15) is 0 Å². The molecule has 2 nitrogen and oxygen atoms in total. The second kappa shape index (κ2) is 16.8. The first-order valence-corrected chi connectivity index (χ1v) is 22.7. The molecule has 1 heterocycles. The fourth-order valence-electron chi connectivity index (χ4n) is 9.74. The second-order valence-corrected chi connectivity index (χ2v) is 16.9. The van der Waals surface area contributed by atoms with Crippen LogP contribution in [-0.4, -0.2) is 4.57 Å². The predicted molar refractivity (Wildman–Crippen MR) is 280 cm³/mol. The molecule has 0 aliphatic rings. The lowest BCUT2D eigenvalue weighted by atomic mass is 9.96. The summed E-state index contributed by atoms with van der Waals surface area (Å²) in [5.41, 5.74) is 18.8. The standard InChI is InChI=1S/C64H44N2/c1-2-13-45(14-3-1)48-33-39-54(40-34-48)65(55-41-35-49(36-42-55)46-25-29-52(30-26-46)58-21-12-16-51-15-4-5-17-57(51)58)56-43-37-50(38-44-56)47-27-31-53(32-28-47)59-18-6-9-22-62(59)66-63-23-10-7-19-60(63)61-20-8-11-24-64(61)66/h1-44H. The average molecular weight is 841 g/mol. The van der Waals surface area contributed by atoms with Crippen LogP contribution in [-0.2, 0) is 0 Å². The molecule has 66 heavy (non-hydrogen) atoms. The summed E-state index contributed by atoms with van der Waals surface area (Å²) in [5.74, 6) is 0. The van der Waals surface area contributed by atoms with Gasteiger partial charge in [-0.2, -0.15) is 0 Å². The molecule has 0 aliphatic heterocycles. The number of hydrogen-bond acceptors (Lipinski definition) is 1. The molecule has 0 atom stereocenters. The van der Waals surface area contributed by atoms with Crippen molar-refractivity contribution in [3.63, 3.8) is 0 Å². The number of benzene rings is 11. The molecule has 0 bridgehead atoms. The third-order valence-corrected chi connectivity index (χ3v) is 13.1. The van der Waals surface area contributed by atoms with E-state index in [0.717, 1.165) is 17.1 Å². The Hall–Kier alpha value is -8.72. The first-order valence-electron chi connectivity index (χ1n) is 22.7. The van der Waals surface area contributed by atoms with E-state index in [1.807, 2.05) is 0 Å². The smallest absolute Gasteiger partial charge is 0.0541 e. The van der Waals surface area contributed by atoms with Gasteiger partial charge in [-0.05, 0) is 115 Å². The Morgan fingerprint density at radius 2 is 0.576 bits per heavy atom. The average Bonchev–Trinajstić information content (AvgIpc) is 3.74. The number of aromatic nitrogens is 1. The van der Waals surface area contributed by atoms with Crippen LogP contribution in [0, 0.1) is 0 Å². The third-order valence-electron chi connectivity index (χ3n) is 13.1. The molecule has 0 saturated carbocycles. The van der Waals surface area contributed by atoms with Crippen molar-refractivity contribution < 1.29 is 0 Å². The van der Waals surface area contributed by atoms with Gasteiger partial charge in [0.15, 0.2) is 0 Å². The zero-order valence-electron chi connectivity index (χ0n) is 36.3. The third kappa shape index (κ3) is 7.12. The van der Waals surface area contributed by atoms with Crippen molar-refractivity contribution >= 4 is 49.6 Å². The Bertz CT molecular complexity index is 3580. The molecule has 310 valence electrons. The largest absolute Gasteiger partial charge is 0.311 e. The summed E-state index contributed by atoms with van der Waals surface area (Å²) in [6.07, 6.45) is 0. The minimum Gasteiger partial charge on any atom is -0.311 e. The number of nitrogens with zero attached hydrogens (tertiary/aromatic N) is 2. The quantitative estimate of drug-likeness (QED) is 0.141. The zero-order valence-corrected chi connectivity index (χ0v) is 36.3. The minimum absolute atomic E-state index is 1.09. The topological polar surface area (TPSA) is 8.17 Å². The van der Waals surface area contributed by atoms with E-state index in [1.54, 1.807) is 0 Å². The summed E-state index contributed by atoms with van der Waals surface area (Å²) in [6.45, 7) is 0. The molecule has 0 unspecified atom stereocenters. The van der Waals surface area contributed by atoms with Gasteiger partial charge in [-0.1, -0.05) is 212 Å². The monoisotopic (exact) mass is 840 g/mol. The molecule has 0 saturated heterocycles. The molecule has 12 aromatic rings. The maximum absolute atomic E-state index is 2.41. The van der Waals surface area contributed by atoms with Crippen LogP contribution in [0.3, 0.4) is 0 Å². The van der Waals surface area contributed by atoms with E-state index in [4.69, 9.17) is 0 Å². The van der Waals surface area contributed by atoms with Crippen molar-refractivity contribution in [2.45, 2.75) is 0 Å². The van der Waals surface area contributed by atoms with Gasteiger partial charge in [-0.15, -0.1) is 0 Å². The molecule has 0 amide bonds. The van der Waals surface area contributed by atoms with E-state index in [2.05, 4.69) is 276 Å². The van der Waals surface area contributed by atoms with Gasteiger partial charge >= 0.3 is 0 Å². The maximum atomic E-state index is 2.41. The van der Waals surface area contributed by atoms with Crippen molar-refractivity contribution in [3.05, 3.63) is 267 Å². The van der Waals surface area contributed by atoms with Crippen LogP contribution < -0.4 is 4.90 Å². The summed E-state index contributed by atoms with van der Waals surface area (Å²) >= 11 is 0. The second-order valence-electron chi connectivity index (χ2n) is 16.9. The Kier molecular flexibility index (Phi) is 9.89. The number of rotatable bonds is 9. The molecule has 0 fully saturated rings. The van der Waals surface area contributed by atoms with Crippen LogP contribution in [0.4, 0.5) is 17.1 Å². The molecule has 11 aromatic carbocycles. The van der Waals surface area contributed by atoms with Crippen LogP contribution in [0.1, 0.15) is 0 Å². The maximum Gasteiger partial charge on any atom is 0.0541 e. The first-order chi connectivity index (χ1) is 32.7. The van der Waals surface area contributed by atoms with E-state index in [0.29, 0.717) is 0 Å². The van der Waals surface area contributed by atoms with Gasteiger partial charge < -0.3 is 9.47 Å². The highest BCUT2D eigenvalue weighted by Gasteiger charge is 2.17. The van der Waals surface area contributed by atoms with E-state index in [-0.39, 0.29) is 0 Å². The van der Waals surface area contributed by atoms with Crippen molar-refractivity contribution in [2.24, 2.45) is 0 Å². The van der Waals surface area contributed by atoms with E-state index >= 15 is 0 Å². The SMILES string of the molecule is c1ccc(-c2ccc(N(c3ccc(-c4ccc(-c5ccccc5-n5c6ccccc6c6ccccc65)cc4)cc3)c3ccc(-c4ccc(-c5cccc6ccccc56)cc4)cc3)cc2)cc1. The summed E-state index contributed by atoms with van der Waals surface area (Å²) in [7, 11) is 0. The van der Waals surface area contributed by atoms with Crippen molar-refractivity contribution in [1.29, 1.82) is 0 Å². The van der Waals surface area contributed by atoms with Crippen LogP contribution in [0.2, 0.25) is 0 Å². The minimum atomic E-state index is 1.09. The van der Waals surface area contributed by atoms with Crippen LogP contribution >= 0.6 is 0 Å². The molecule has 0 N–H and O–H groups in total. The molecule has 0 radical (unpaired) electrons. The van der Waals surface area contributed by atoms with E-state index < -0.39 is 0 Å². The Labute approximate surface area is 385 Å². The van der Waals surface area contributed by atoms with Crippen LogP contribution in [0.5, 0.6) is 0 Å². The zero-order chi connectivity index (χ0) is 43.8. The van der Waals surface area contributed by atoms with Crippen molar-refractivity contribution in [1.82, 2.24) is 4.57 Å². The van der Waals surface area contributed by atoms with Gasteiger partial charge in [-0.3, -0.25) is 0 Å². The van der Waals surface area contributed by atoms with Crippen LogP contribution in [0.25, 0.3) is 93.9 Å². The normalized spacial score (nSPS) is 11.3. The number of hydrogen-bond donors (Lipinski definition) is 0. The highest BCUT2D eigenvalue weighted by molar-refractivity contribution is 6.09. The molecular weight excluding hydrogens is 797 g/mol.